The SMILES string of the molecule is [O-][S+]1c2cc(CCO)ccc2Cc2cccc(CCO)c21. The third-order valence-electron chi connectivity index (χ3n) is 3.86. The van der Waals surface area contributed by atoms with Crippen molar-refractivity contribution in [3.63, 3.8) is 0 Å². The van der Waals surface area contributed by atoms with Crippen LogP contribution in [-0.2, 0) is 30.4 Å². The standard InChI is InChI=1S/C17H18O3S/c18-8-6-12-4-5-14-11-15-3-1-2-13(7-9-19)17(15)21(20)16(14)10-12/h1-5,10,18-19H,6-9,11H2. The minimum Gasteiger partial charge on any atom is -0.606 e. The number of aliphatic hydroxyl groups is 2. The Morgan fingerprint density at radius 2 is 1.81 bits per heavy atom. The highest BCUT2D eigenvalue weighted by atomic mass is 32.2. The Balaban J connectivity index is 2.05. The van der Waals surface area contributed by atoms with Crippen LogP contribution in [0.1, 0.15) is 22.3 Å². The molecule has 0 amide bonds. The molecule has 1 aliphatic rings. The molecule has 1 aliphatic heterocycles. The van der Waals surface area contributed by atoms with Crippen LogP contribution in [0.5, 0.6) is 0 Å². The Morgan fingerprint density at radius 3 is 2.57 bits per heavy atom. The molecule has 110 valence electrons. The maximum absolute atomic E-state index is 12.9. The van der Waals surface area contributed by atoms with E-state index < -0.39 is 11.2 Å². The number of fused-ring (bicyclic) bond motifs is 2. The highest BCUT2D eigenvalue weighted by molar-refractivity contribution is 7.91. The quantitative estimate of drug-likeness (QED) is 0.847. The van der Waals surface area contributed by atoms with Gasteiger partial charge in [0.2, 0.25) is 0 Å². The van der Waals surface area contributed by atoms with Crippen LogP contribution in [0.2, 0.25) is 0 Å². The van der Waals surface area contributed by atoms with Crippen LogP contribution < -0.4 is 0 Å². The number of rotatable bonds is 4. The third kappa shape index (κ3) is 2.72. The lowest BCUT2D eigenvalue weighted by Gasteiger charge is -2.24. The second-order valence-corrected chi connectivity index (χ2v) is 6.63. The van der Waals surface area contributed by atoms with Gasteiger partial charge in [0.1, 0.15) is 0 Å². The number of hydrogen-bond donors (Lipinski definition) is 2. The molecule has 0 fully saturated rings. The average molecular weight is 302 g/mol. The molecular formula is C17H18O3S. The summed E-state index contributed by atoms with van der Waals surface area (Å²) in [5.74, 6) is 0. The fraction of sp³-hybridized carbons (Fsp3) is 0.294. The van der Waals surface area contributed by atoms with Gasteiger partial charge < -0.3 is 14.8 Å². The van der Waals surface area contributed by atoms with Crippen LogP contribution in [0.15, 0.2) is 46.2 Å². The molecule has 1 atom stereocenters. The van der Waals surface area contributed by atoms with Crippen LogP contribution in [-0.4, -0.2) is 28.0 Å². The van der Waals surface area contributed by atoms with Crippen molar-refractivity contribution >= 4 is 11.2 Å². The van der Waals surface area contributed by atoms with Gasteiger partial charge in [0.25, 0.3) is 0 Å². The van der Waals surface area contributed by atoms with E-state index in [1.165, 1.54) is 0 Å². The van der Waals surface area contributed by atoms with Crippen molar-refractivity contribution < 1.29 is 14.8 Å². The summed E-state index contributed by atoms with van der Waals surface area (Å²) < 4.78 is 12.9. The van der Waals surface area contributed by atoms with Gasteiger partial charge in [-0.3, -0.25) is 0 Å². The molecular weight excluding hydrogens is 284 g/mol. The topological polar surface area (TPSA) is 63.5 Å². The predicted molar refractivity (Wildman–Crippen MR) is 81.9 cm³/mol. The molecule has 0 saturated carbocycles. The van der Waals surface area contributed by atoms with E-state index in [2.05, 4.69) is 0 Å². The molecule has 0 bridgehead atoms. The van der Waals surface area contributed by atoms with E-state index in [4.69, 9.17) is 5.11 Å². The zero-order valence-electron chi connectivity index (χ0n) is 11.7. The summed E-state index contributed by atoms with van der Waals surface area (Å²) in [6, 6.07) is 11.9. The average Bonchev–Trinajstić information content (AvgIpc) is 2.49. The summed E-state index contributed by atoms with van der Waals surface area (Å²) >= 11 is -1.21. The third-order valence-corrected chi connectivity index (χ3v) is 5.53. The Bertz CT molecular complexity index is 654. The minimum atomic E-state index is -1.21. The van der Waals surface area contributed by atoms with Crippen molar-refractivity contribution in [2.24, 2.45) is 0 Å². The van der Waals surface area contributed by atoms with Crippen LogP contribution in [0, 0.1) is 0 Å². The van der Waals surface area contributed by atoms with Gasteiger partial charge in [-0.05, 0) is 18.1 Å². The van der Waals surface area contributed by atoms with E-state index in [1.54, 1.807) is 0 Å². The van der Waals surface area contributed by atoms with Crippen molar-refractivity contribution in [3.8, 4) is 0 Å². The maximum atomic E-state index is 12.9. The summed E-state index contributed by atoms with van der Waals surface area (Å²) in [5, 5.41) is 18.2. The second-order valence-electron chi connectivity index (χ2n) is 5.24. The first-order valence-corrected chi connectivity index (χ1v) is 8.25. The van der Waals surface area contributed by atoms with E-state index in [0.29, 0.717) is 12.8 Å². The van der Waals surface area contributed by atoms with Gasteiger partial charge in [0, 0.05) is 53.9 Å². The van der Waals surface area contributed by atoms with Gasteiger partial charge in [-0.25, -0.2) is 0 Å². The van der Waals surface area contributed by atoms with E-state index in [1.807, 2.05) is 36.4 Å². The van der Waals surface area contributed by atoms with E-state index in [-0.39, 0.29) is 13.2 Å². The number of benzene rings is 2. The van der Waals surface area contributed by atoms with Crippen LogP contribution in [0.4, 0.5) is 0 Å². The highest BCUT2D eigenvalue weighted by Gasteiger charge is 2.30. The summed E-state index contributed by atoms with van der Waals surface area (Å²) in [5.41, 5.74) is 4.14. The highest BCUT2D eigenvalue weighted by Crippen LogP contribution is 2.37. The largest absolute Gasteiger partial charge is 0.606 e. The molecule has 0 radical (unpaired) electrons. The van der Waals surface area contributed by atoms with Crippen molar-refractivity contribution in [2.75, 3.05) is 13.2 Å². The zero-order valence-corrected chi connectivity index (χ0v) is 12.5. The number of aliphatic hydroxyl groups excluding tert-OH is 2. The molecule has 3 nitrogen and oxygen atoms in total. The molecule has 4 heteroatoms. The lowest BCUT2D eigenvalue weighted by molar-refractivity contribution is 0.298. The summed E-state index contributed by atoms with van der Waals surface area (Å²) in [7, 11) is 0. The summed E-state index contributed by atoms with van der Waals surface area (Å²) in [6.07, 6.45) is 1.88. The molecule has 1 unspecified atom stereocenters. The van der Waals surface area contributed by atoms with E-state index in [0.717, 1.165) is 38.5 Å². The molecule has 0 spiro atoms. The first kappa shape index (κ1) is 14.6. The summed E-state index contributed by atoms with van der Waals surface area (Å²) in [4.78, 5) is 1.71. The normalized spacial score (nSPS) is 16.4. The first-order chi connectivity index (χ1) is 10.2. The fourth-order valence-electron chi connectivity index (χ4n) is 2.85. The van der Waals surface area contributed by atoms with Gasteiger partial charge in [-0.2, -0.15) is 0 Å². The molecule has 2 aromatic rings. The molecule has 0 aliphatic carbocycles. The van der Waals surface area contributed by atoms with Gasteiger partial charge in [0.15, 0.2) is 9.79 Å². The van der Waals surface area contributed by atoms with E-state index >= 15 is 0 Å². The van der Waals surface area contributed by atoms with Gasteiger partial charge in [-0.15, -0.1) is 0 Å². The molecule has 2 aromatic carbocycles. The minimum absolute atomic E-state index is 0.0606. The van der Waals surface area contributed by atoms with Crippen molar-refractivity contribution in [1.82, 2.24) is 0 Å². The first-order valence-electron chi connectivity index (χ1n) is 7.10. The predicted octanol–water partition coefficient (Wildman–Crippen LogP) is 1.83. The van der Waals surface area contributed by atoms with Gasteiger partial charge in [-0.1, -0.05) is 30.3 Å². The van der Waals surface area contributed by atoms with E-state index in [9.17, 15) is 9.66 Å². The monoisotopic (exact) mass is 302 g/mol. The Morgan fingerprint density at radius 1 is 1.00 bits per heavy atom. The fourth-order valence-corrected chi connectivity index (χ4v) is 4.49. The molecule has 1 heterocycles. The smallest absolute Gasteiger partial charge is 0.165 e. The van der Waals surface area contributed by atoms with Crippen LogP contribution in [0.25, 0.3) is 0 Å². The van der Waals surface area contributed by atoms with Crippen molar-refractivity contribution in [2.45, 2.75) is 29.1 Å². The van der Waals surface area contributed by atoms with Crippen LogP contribution in [0.3, 0.4) is 0 Å². The molecule has 0 saturated heterocycles. The van der Waals surface area contributed by atoms with Crippen molar-refractivity contribution in [3.05, 3.63) is 58.7 Å². The van der Waals surface area contributed by atoms with Gasteiger partial charge >= 0.3 is 0 Å². The molecule has 2 N–H and O–H groups in total. The lowest BCUT2D eigenvalue weighted by atomic mass is 9.99. The zero-order chi connectivity index (χ0) is 14.8. The van der Waals surface area contributed by atoms with Gasteiger partial charge in [0.05, 0.1) is 0 Å². The van der Waals surface area contributed by atoms with Crippen molar-refractivity contribution in [1.29, 1.82) is 0 Å². The lowest BCUT2D eigenvalue weighted by Crippen LogP contribution is -2.18. The Hall–Kier alpha value is -1.33. The van der Waals surface area contributed by atoms with Crippen LogP contribution >= 0.6 is 0 Å². The number of hydrogen-bond acceptors (Lipinski definition) is 3. The molecule has 3 rings (SSSR count). The Labute approximate surface area is 127 Å². The Kier molecular flexibility index (Phi) is 4.31. The second kappa shape index (κ2) is 6.20. The molecule has 21 heavy (non-hydrogen) atoms. The molecule has 0 aromatic heterocycles. The maximum Gasteiger partial charge on any atom is 0.165 e. The summed E-state index contributed by atoms with van der Waals surface area (Å²) in [6.45, 7) is 0.156.